The summed E-state index contributed by atoms with van der Waals surface area (Å²) in [7, 11) is 3.22. The molecule has 2 unspecified atom stereocenters. The number of benzene rings is 1. The molecular formula is C16H25ClN2O3. The molecule has 3 N–H and O–H groups in total. The molecule has 0 aromatic heterocycles. The van der Waals surface area contributed by atoms with E-state index < -0.39 is 0 Å². The number of carbonyl (C=O) groups excluding carboxylic acids is 1. The minimum Gasteiger partial charge on any atom is -0.497 e. The van der Waals surface area contributed by atoms with Gasteiger partial charge in [-0.2, -0.15) is 0 Å². The average Bonchev–Trinajstić information content (AvgIpc) is 2.52. The second-order valence-electron chi connectivity index (χ2n) is 5.52. The van der Waals surface area contributed by atoms with Gasteiger partial charge < -0.3 is 20.5 Å². The van der Waals surface area contributed by atoms with E-state index in [1.54, 1.807) is 14.2 Å². The molecule has 1 fully saturated rings. The highest BCUT2D eigenvalue weighted by Gasteiger charge is 2.25. The third kappa shape index (κ3) is 4.78. The number of nitrogens with one attached hydrogen (secondary N) is 1. The normalized spacial score (nSPS) is 20.7. The van der Waals surface area contributed by atoms with Crippen molar-refractivity contribution >= 4 is 18.3 Å². The van der Waals surface area contributed by atoms with Gasteiger partial charge in [-0.05, 0) is 31.4 Å². The third-order valence-corrected chi connectivity index (χ3v) is 4.03. The molecule has 0 spiro atoms. The highest BCUT2D eigenvalue weighted by Crippen LogP contribution is 2.26. The number of halogens is 1. The van der Waals surface area contributed by atoms with Crippen molar-refractivity contribution < 1.29 is 14.3 Å². The van der Waals surface area contributed by atoms with Crippen LogP contribution >= 0.6 is 12.4 Å². The number of ether oxygens (including phenoxy) is 2. The van der Waals surface area contributed by atoms with Crippen molar-refractivity contribution in [3.05, 3.63) is 23.8 Å². The number of rotatable bonds is 5. The molecule has 22 heavy (non-hydrogen) atoms. The number of methoxy groups -OCH3 is 2. The molecule has 0 bridgehead atoms. The van der Waals surface area contributed by atoms with Crippen LogP contribution in [0.4, 0.5) is 0 Å². The zero-order chi connectivity index (χ0) is 15.2. The average molecular weight is 329 g/mol. The van der Waals surface area contributed by atoms with E-state index in [1.807, 2.05) is 18.2 Å². The molecule has 5 nitrogen and oxygen atoms in total. The lowest BCUT2D eigenvalue weighted by atomic mass is 9.85. The Bertz CT molecular complexity index is 496. The Morgan fingerprint density at radius 2 is 2.09 bits per heavy atom. The van der Waals surface area contributed by atoms with Gasteiger partial charge in [0.1, 0.15) is 11.5 Å². The van der Waals surface area contributed by atoms with Gasteiger partial charge in [0.25, 0.3) is 0 Å². The monoisotopic (exact) mass is 328 g/mol. The van der Waals surface area contributed by atoms with Crippen molar-refractivity contribution in [3.63, 3.8) is 0 Å². The summed E-state index contributed by atoms with van der Waals surface area (Å²) in [5.74, 6) is 1.58. The van der Waals surface area contributed by atoms with Gasteiger partial charge in [-0.25, -0.2) is 0 Å². The molecule has 124 valence electrons. The molecule has 2 atom stereocenters. The van der Waals surface area contributed by atoms with Gasteiger partial charge in [-0.3, -0.25) is 4.79 Å². The fourth-order valence-electron chi connectivity index (χ4n) is 2.79. The zero-order valence-electron chi connectivity index (χ0n) is 13.1. The fraction of sp³-hybridized carbons (Fsp3) is 0.562. The number of hydrogen-bond acceptors (Lipinski definition) is 4. The van der Waals surface area contributed by atoms with Gasteiger partial charge in [0.05, 0.1) is 14.2 Å². The van der Waals surface area contributed by atoms with Crippen LogP contribution in [-0.2, 0) is 11.3 Å². The summed E-state index contributed by atoms with van der Waals surface area (Å²) in [4.78, 5) is 12.2. The van der Waals surface area contributed by atoms with Crippen LogP contribution in [0, 0.1) is 5.92 Å². The molecular weight excluding hydrogens is 304 g/mol. The van der Waals surface area contributed by atoms with E-state index >= 15 is 0 Å². The maximum atomic E-state index is 12.2. The molecule has 0 heterocycles. The Labute approximate surface area is 138 Å². The molecule has 1 aromatic rings. The van der Waals surface area contributed by atoms with Crippen molar-refractivity contribution in [1.82, 2.24) is 5.32 Å². The number of nitrogens with two attached hydrogens (primary N) is 1. The van der Waals surface area contributed by atoms with Crippen LogP contribution < -0.4 is 20.5 Å². The zero-order valence-corrected chi connectivity index (χ0v) is 13.9. The van der Waals surface area contributed by atoms with Crippen LogP contribution in [0.2, 0.25) is 0 Å². The van der Waals surface area contributed by atoms with Gasteiger partial charge >= 0.3 is 0 Å². The van der Waals surface area contributed by atoms with Crippen LogP contribution in [0.5, 0.6) is 11.5 Å². The first kappa shape index (κ1) is 18.6. The third-order valence-electron chi connectivity index (χ3n) is 4.03. The molecule has 1 saturated carbocycles. The molecule has 0 aliphatic heterocycles. The topological polar surface area (TPSA) is 73.6 Å². The first-order valence-electron chi connectivity index (χ1n) is 7.38. The smallest absolute Gasteiger partial charge is 0.223 e. The summed E-state index contributed by atoms with van der Waals surface area (Å²) >= 11 is 0. The summed E-state index contributed by atoms with van der Waals surface area (Å²) in [5, 5.41) is 2.99. The van der Waals surface area contributed by atoms with Gasteiger partial charge in [0.2, 0.25) is 5.91 Å². The summed E-state index contributed by atoms with van der Waals surface area (Å²) < 4.78 is 10.5. The van der Waals surface area contributed by atoms with E-state index in [4.69, 9.17) is 15.2 Å². The Kier molecular flexibility index (Phi) is 7.48. The lowest BCUT2D eigenvalue weighted by Gasteiger charge is -2.25. The number of carbonyl (C=O) groups is 1. The van der Waals surface area contributed by atoms with E-state index in [1.165, 1.54) is 0 Å². The summed E-state index contributed by atoms with van der Waals surface area (Å²) in [6.45, 7) is 0.456. The first-order valence-corrected chi connectivity index (χ1v) is 7.38. The van der Waals surface area contributed by atoms with Crippen LogP contribution in [0.15, 0.2) is 18.2 Å². The molecule has 6 heteroatoms. The Hall–Kier alpha value is -1.46. The SMILES string of the molecule is COc1ccc(CNC(=O)C2CCCC(N)C2)c(OC)c1.Cl. The van der Waals surface area contributed by atoms with Crippen LogP contribution in [-0.4, -0.2) is 26.2 Å². The summed E-state index contributed by atoms with van der Waals surface area (Å²) in [6, 6.07) is 5.74. The lowest BCUT2D eigenvalue weighted by Crippen LogP contribution is -2.37. The molecule has 0 radical (unpaired) electrons. The van der Waals surface area contributed by atoms with E-state index in [9.17, 15) is 4.79 Å². The van der Waals surface area contributed by atoms with Crippen molar-refractivity contribution in [3.8, 4) is 11.5 Å². The van der Waals surface area contributed by atoms with E-state index in [2.05, 4.69) is 5.32 Å². The summed E-state index contributed by atoms with van der Waals surface area (Å²) in [6.07, 6.45) is 3.77. The fourth-order valence-corrected chi connectivity index (χ4v) is 2.79. The minimum absolute atomic E-state index is 0. The Morgan fingerprint density at radius 1 is 1.32 bits per heavy atom. The molecule has 1 aliphatic carbocycles. The standard InChI is InChI=1S/C16H24N2O3.ClH/c1-20-14-7-6-12(15(9-14)21-2)10-18-16(19)11-4-3-5-13(17)8-11;/h6-7,9,11,13H,3-5,8,10,17H2,1-2H3,(H,18,19);1H. The second-order valence-corrected chi connectivity index (χ2v) is 5.52. The van der Waals surface area contributed by atoms with E-state index in [0.29, 0.717) is 6.54 Å². The van der Waals surface area contributed by atoms with Gasteiger partial charge in [-0.15, -0.1) is 12.4 Å². The van der Waals surface area contributed by atoms with Gasteiger partial charge in [0.15, 0.2) is 0 Å². The minimum atomic E-state index is 0. The van der Waals surface area contributed by atoms with Crippen LogP contribution in [0.25, 0.3) is 0 Å². The summed E-state index contributed by atoms with van der Waals surface area (Å²) in [5.41, 5.74) is 6.87. The molecule has 2 rings (SSSR count). The predicted molar refractivity (Wildman–Crippen MR) is 88.6 cm³/mol. The molecule has 1 amide bonds. The highest BCUT2D eigenvalue weighted by molar-refractivity contribution is 5.85. The number of hydrogen-bond donors (Lipinski definition) is 2. The van der Waals surface area contributed by atoms with Gasteiger partial charge in [-0.1, -0.05) is 6.42 Å². The largest absolute Gasteiger partial charge is 0.497 e. The molecule has 0 saturated heterocycles. The van der Waals surface area contributed by atoms with E-state index in [-0.39, 0.29) is 30.3 Å². The quantitative estimate of drug-likeness (QED) is 0.869. The Morgan fingerprint density at radius 3 is 2.73 bits per heavy atom. The lowest BCUT2D eigenvalue weighted by molar-refractivity contribution is -0.126. The molecule has 1 aromatic carbocycles. The maximum Gasteiger partial charge on any atom is 0.223 e. The van der Waals surface area contributed by atoms with E-state index in [0.717, 1.165) is 42.7 Å². The van der Waals surface area contributed by atoms with Crippen molar-refractivity contribution in [2.45, 2.75) is 38.3 Å². The number of amides is 1. The van der Waals surface area contributed by atoms with Crippen molar-refractivity contribution in [2.24, 2.45) is 11.7 Å². The highest BCUT2D eigenvalue weighted by atomic mass is 35.5. The second kappa shape index (κ2) is 8.86. The van der Waals surface area contributed by atoms with Crippen molar-refractivity contribution in [2.75, 3.05) is 14.2 Å². The Balaban J connectivity index is 0.00000242. The van der Waals surface area contributed by atoms with Crippen LogP contribution in [0.1, 0.15) is 31.2 Å². The maximum absolute atomic E-state index is 12.2. The molecule has 1 aliphatic rings. The first-order chi connectivity index (χ1) is 10.1. The van der Waals surface area contributed by atoms with Gasteiger partial charge in [0, 0.05) is 30.1 Å². The predicted octanol–water partition coefficient (Wildman–Crippen LogP) is 2.26. The van der Waals surface area contributed by atoms with Crippen molar-refractivity contribution in [1.29, 1.82) is 0 Å². The van der Waals surface area contributed by atoms with Crippen LogP contribution in [0.3, 0.4) is 0 Å².